The average Bonchev–Trinajstić information content (AvgIpc) is 2.88. The molecule has 0 saturated carbocycles. The highest BCUT2D eigenvalue weighted by Crippen LogP contribution is 2.27. The molecule has 0 bridgehead atoms. The van der Waals surface area contributed by atoms with Crippen LogP contribution in [-0.4, -0.2) is 23.5 Å². The lowest BCUT2D eigenvalue weighted by atomic mass is 10.1. The maximum atomic E-state index is 11.9. The number of carbonyl (C=O) groups excluding carboxylic acids is 1. The molecule has 5 heteroatoms. The predicted molar refractivity (Wildman–Crippen MR) is 74.0 cm³/mol. The van der Waals surface area contributed by atoms with Gasteiger partial charge in [0.15, 0.2) is 5.43 Å². The zero-order chi connectivity index (χ0) is 13.9. The third-order valence-corrected chi connectivity index (χ3v) is 3.27. The van der Waals surface area contributed by atoms with Crippen LogP contribution >= 0.6 is 0 Å². The number of hydrogen-bond donors (Lipinski definition) is 2. The summed E-state index contributed by atoms with van der Waals surface area (Å²) in [5.41, 5.74) is 0.962. The Balaban J connectivity index is 1.61. The van der Waals surface area contributed by atoms with E-state index in [1.807, 2.05) is 24.3 Å². The predicted octanol–water partition coefficient (Wildman–Crippen LogP) is 1.11. The number of aromatic amines is 1. The molecule has 1 aliphatic rings. The largest absolute Gasteiger partial charge is 0.488 e. The summed E-state index contributed by atoms with van der Waals surface area (Å²) in [6.07, 6.45) is 3.58. The van der Waals surface area contributed by atoms with E-state index >= 15 is 0 Å². The summed E-state index contributed by atoms with van der Waals surface area (Å²) >= 11 is 0. The number of carbonyl (C=O) groups is 1. The van der Waals surface area contributed by atoms with Gasteiger partial charge in [-0.2, -0.15) is 0 Å². The fourth-order valence-electron chi connectivity index (χ4n) is 2.26. The Bertz CT molecular complexity index is 668. The Kier molecular flexibility index (Phi) is 3.25. The lowest BCUT2D eigenvalue weighted by Gasteiger charge is -2.11. The quantitative estimate of drug-likeness (QED) is 0.877. The van der Waals surface area contributed by atoms with Crippen molar-refractivity contribution in [3.8, 4) is 5.75 Å². The molecule has 0 spiro atoms. The Morgan fingerprint density at radius 2 is 2.20 bits per heavy atom. The van der Waals surface area contributed by atoms with Gasteiger partial charge in [-0.3, -0.25) is 9.59 Å². The van der Waals surface area contributed by atoms with E-state index in [2.05, 4.69) is 10.3 Å². The highest BCUT2D eigenvalue weighted by Gasteiger charge is 2.23. The number of para-hydroxylation sites is 1. The molecule has 5 nitrogen and oxygen atoms in total. The van der Waals surface area contributed by atoms with Gasteiger partial charge in [-0.1, -0.05) is 18.2 Å². The number of amides is 1. The minimum absolute atomic E-state index is 0.0841. The fraction of sp³-hybridized carbons (Fsp3) is 0.200. The SMILES string of the molecule is O=C(NCC1Cc2ccccc2O1)c1c[nH]ccc1=O. The minimum atomic E-state index is -0.383. The topological polar surface area (TPSA) is 71.2 Å². The molecule has 2 aromatic rings. The van der Waals surface area contributed by atoms with Crippen LogP contribution in [0.2, 0.25) is 0 Å². The van der Waals surface area contributed by atoms with Gasteiger partial charge in [0.25, 0.3) is 5.91 Å². The summed E-state index contributed by atoms with van der Waals surface area (Å²) in [7, 11) is 0. The maximum Gasteiger partial charge on any atom is 0.256 e. The van der Waals surface area contributed by atoms with Crippen molar-refractivity contribution < 1.29 is 9.53 Å². The van der Waals surface area contributed by atoms with Gasteiger partial charge in [-0.25, -0.2) is 0 Å². The summed E-state index contributed by atoms with van der Waals surface area (Å²) < 4.78 is 5.72. The number of H-pyrrole nitrogens is 1. The number of aromatic nitrogens is 1. The molecule has 0 radical (unpaired) electrons. The van der Waals surface area contributed by atoms with E-state index < -0.39 is 0 Å². The molecule has 20 heavy (non-hydrogen) atoms. The number of benzene rings is 1. The molecule has 1 unspecified atom stereocenters. The number of pyridine rings is 1. The molecule has 0 fully saturated rings. The summed E-state index contributed by atoms with van der Waals surface area (Å²) in [5.74, 6) is 0.482. The third-order valence-electron chi connectivity index (χ3n) is 3.27. The van der Waals surface area contributed by atoms with Crippen molar-refractivity contribution in [2.45, 2.75) is 12.5 Å². The fourth-order valence-corrected chi connectivity index (χ4v) is 2.26. The summed E-state index contributed by atoms with van der Waals surface area (Å²) in [6, 6.07) is 9.14. The standard InChI is InChI=1S/C15H14N2O3/c18-13-5-6-16-9-12(13)15(19)17-8-11-7-10-3-1-2-4-14(10)20-11/h1-6,9,11H,7-8H2,(H,16,18)(H,17,19). The second-order valence-electron chi connectivity index (χ2n) is 4.68. The van der Waals surface area contributed by atoms with Crippen molar-refractivity contribution in [1.29, 1.82) is 0 Å². The Hall–Kier alpha value is -2.56. The third kappa shape index (κ3) is 2.42. The minimum Gasteiger partial charge on any atom is -0.488 e. The molecule has 1 aromatic heterocycles. The molecule has 0 aliphatic carbocycles. The number of nitrogens with one attached hydrogen (secondary N) is 2. The molecular weight excluding hydrogens is 256 g/mol. The van der Waals surface area contributed by atoms with E-state index in [4.69, 9.17) is 4.74 Å². The second-order valence-corrected chi connectivity index (χ2v) is 4.68. The van der Waals surface area contributed by atoms with E-state index in [-0.39, 0.29) is 23.0 Å². The number of rotatable bonds is 3. The molecule has 1 aromatic carbocycles. The van der Waals surface area contributed by atoms with Gasteiger partial charge in [0.2, 0.25) is 0 Å². The zero-order valence-electron chi connectivity index (χ0n) is 10.8. The van der Waals surface area contributed by atoms with Gasteiger partial charge in [0, 0.05) is 24.9 Å². The van der Waals surface area contributed by atoms with Crippen molar-refractivity contribution in [3.05, 3.63) is 64.1 Å². The smallest absolute Gasteiger partial charge is 0.256 e. The van der Waals surface area contributed by atoms with Crippen LogP contribution < -0.4 is 15.5 Å². The lowest BCUT2D eigenvalue weighted by molar-refractivity contribution is 0.0932. The van der Waals surface area contributed by atoms with Gasteiger partial charge in [0.1, 0.15) is 17.4 Å². The highest BCUT2D eigenvalue weighted by molar-refractivity contribution is 5.93. The first kappa shape index (κ1) is 12.5. The van der Waals surface area contributed by atoms with E-state index in [0.717, 1.165) is 17.7 Å². The lowest BCUT2D eigenvalue weighted by Crippen LogP contribution is -2.36. The van der Waals surface area contributed by atoms with Crippen LogP contribution in [0.5, 0.6) is 5.75 Å². The van der Waals surface area contributed by atoms with E-state index in [0.29, 0.717) is 6.54 Å². The highest BCUT2D eigenvalue weighted by atomic mass is 16.5. The molecule has 2 N–H and O–H groups in total. The first-order valence-electron chi connectivity index (χ1n) is 6.44. The zero-order valence-corrected chi connectivity index (χ0v) is 10.8. The Morgan fingerprint density at radius 3 is 3.00 bits per heavy atom. The monoisotopic (exact) mass is 270 g/mol. The number of fused-ring (bicyclic) bond motifs is 1. The molecule has 0 saturated heterocycles. The second kappa shape index (κ2) is 5.21. The van der Waals surface area contributed by atoms with Crippen molar-refractivity contribution in [1.82, 2.24) is 10.3 Å². The normalized spacial score (nSPS) is 16.3. The first-order valence-corrected chi connectivity index (χ1v) is 6.44. The first-order chi connectivity index (χ1) is 9.74. The van der Waals surface area contributed by atoms with E-state index in [1.165, 1.54) is 18.5 Å². The van der Waals surface area contributed by atoms with Crippen LogP contribution in [0.15, 0.2) is 47.5 Å². The summed E-state index contributed by atoms with van der Waals surface area (Å²) in [4.78, 5) is 26.2. The van der Waals surface area contributed by atoms with Crippen LogP contribution in [0.4, 0.5) is 0 Å². The van der Waals surface area contributed by atoms with Crippen LogP contribution in [0.3, 0.4) is 0 Å². The van der Waals surface area contributed by atoms with Crippen molar-refractivity contribution in [2.75, 3.05) is 6.54 Å². The van der Waals surface area contributed by atoms with Gasteiger partial charge in [0.05, 0.1) is 6.54 Å². The molecule has 102 valence electrons. The maximum absolute atomic E-state index is 11.9. The molecule has 1 amide bonds. The van der Waals surface area contributed by atoms with Gasteiger partial charge < -0.3 is 15.0 Å². The molecule has 3 rings (SSSR count). The van der Waals surface area contributed by atoms with Crippen LogP contribution in [0.25, 0.3) is 0 Å². The summed E-state index contributed by atoms with van der Waals surface area (Å²) in [6.45, 7) is 0.377. The Labute approximate surface area is 115 Å². The van der Waals surface area contributed by atoms with Gasteiger partial charge in [-0.05, 0) is 11.6 Å². The van der Waals surface area contributed by atoms with E-state index in [1.54, 1.807) is 0 Å². The molecule has 2 heterocycles. The van der Waals surface area contributed by atoms with Crippen LogP contribution in [-0.2, 0) is 6.42 Å². The molecule has 1 atom stereocenters. The number of hydrogen-bond acceptors (Lipinski definition) is 3. The number of ether oxygens (including phenoxy) is 1. The van der Waals surface area contributed by atoms with Gasteiger partial charge in [-0.15, -0.1) is 0 Å². The van der Waals surface area contributed by atoms with Crippen LogP contribution in [0.1, 0.15) is 15.9 Å². The molecule has 1 aliphatic heterocycles. The Morgan fingerprint density at radius 1 is 1.35 bits per heavy atom. The summed E-state index contributed by atoms with van der Waals surface area (Å²) in [5, 5.41) is 2.73. The van der Waals surface area contributed by atoms with Crippen molar-refractivity contribution in [3.63, 3.8) is 0 Å². The van der Waals surface area contributed by atoms with Crippen molar-refractivity contribution >= 4 is 5.91 Å². The average molecular weight is 270 g/mol. The molecular formula is C15H14N2O3. The van der Waals surface area contributed by atoms with Crippen molar-refractivity contribution in [2.24, 2.45) is 0 Å². The van der Waals surface area contributed by atoms with E-state index in [9.17, 15) is 9.59 Å². The van der Waals surface area contributed by atoms with Gasteiger partial charge >= 0.3 is 0 Å². The van der Waals surface area contributed by atoms with Crippen LogP contribution in [0, 0.1) is 0 Å².